The fraction of sp³-hybridized carbons (Fsp3) is 0.286. The summed E-state index contributed by atoms with van der Waals surface area (Å²) in [6.07, 6.45) is 0. The van der Waals surface area contributed by atoms with Crippen LogP contribution in [0.5, 0.6) is 0 Å². The highest BCUT2D eigenvalue weighted by Gasteiger charge is 2.10. The fourth-order valence-electron chi connectivity index (χ4n) is 1.61. The quantitative estimate of drug-likeness (QED) is 0.895. The fourth-order valence-corrected chi connectivity index (χ4v) is 1.61. The second kappa shape index (κ2) is 5.31. The lowest BCUT2D eigenvalue weighted by atomic mass is 10.1. The van der Waals surface area contributed by atoms with Crippen molar-refractivity contribution in [1.82, 2.24) is 5.32 Å². The van der Waals surface area contributed by atoms with Crippen LogP contribution in [-0.2, 0) is 6.54 Å². The second-order valence-electron chi connectivity index (χ2n) is 4.43. The molecule has 0 amide bonds. The van der Waals surface area contributed by atoms with Crippen molar-refractivity contribution < 1.29 is 13.2 Å². The zero-order valence-corrected chi connectivity index (χ0v) is 10.3. The Morgan fingerprint density at radius 1 is 1.17 bits per heavy atom. The molecule has 0 aliphatic heterocycles. The van der Waals surface area contributed by atoms with Crippen molar-refractivity contribution in [3.63, 3.8) is 0 Å². The van der Waals surface area contributed by atoms with Crippen molar-refractivity contribution in [2.45, 2.75) is 26.4 Å². The largest absolute Gasteiger partial charge is 0.460 e. The van der Waals surface area contributed by atoms with Gasteiger partial charge in [0.05, 0.1) is 12.1 Å². The average molecular weight is 251 g/mol. The molecule has 1 aromatic carbocycles. The van der Waals surface area contributed by atoms with E-state index >= 15 is 0 Å². The molecule has 1 heterocycles. The van der Waals surface area contributed by atoms with Crippen molar-refractivity contribution in [1.29, 1.82) is 0 Å². The number of hydrogen-bond donors (Lipinski definition) is 1. The Morgan fingerprint density at radius 2 is 1.94 bits per heavy atom. The van der Waals surface area contributed by atoms with E-state index in [9.17, 15) is 8.78 Å². The molecular weight excluding hydrogens is 236 g/mol. The third-order valence-corrected chi connectivity index (χ3v) is 2.54. The zero-order chi connectivity index (χ0) is 13.1. The maximum absolute atomic E-state index is 13.5. The van der Waals surface area contributed by atoms with Gasteiger partial charge in [-0.05, 0) is 24.3 Å². The summed E-state index contributed by atoms with van der Waals surface area (Å²) in [5.74, 6) is -0.0762. The maximum Gasteiger partial charge on any atom is 0.137 e. The van der Waals surface area contributed by atoms with Crippen LogP contribution in [0.4, 0.5) is 8.78 Å². The van der Waals surface area contributed by atoms with Gasteiger partial charge >= 0.3 is 0 Å². The molecule has 2 rings (SSSR count). The van der Waals surface area contributed by atoms with Crippen LogP contribution in [0.3, 0.4) is 0 Å². The summed E-state index contributed by atoms with van der Waals surface area (Å²) in [7, 11) is 0. The van der Waals surface area contributed by atoms with Gasteiger partial charge in [-0.3, -0.25) is 0 Å². The summed E-state index contributed by atoms with van der Waals surface area (Å²) in [5.41, 5.74) is 0.271. The molecule has 0 bridgehead atoms. The summed E-state index contributed by atoms with van der Waals surface area (Å²) in [5, 5.41) is 3.20. The van der Waals surface area contributed by atoms with Gasteiger partial charge in [-0.1, -0.05) is 13.8 Å². The molecule has 18 heavy (non-hydrogen) atoms. The smallest absolute Gasteiger partial charge is 0.137 e. The van der Waals surface area contributed by atoms with Gasteiger partial charge in [0.15, 0.2) is 0 Å². The number of furan rings is 1. The molecule has 1 N–H and O–H groups in total. The van der Waals surface area contributed by atoms with Crippen molar-refractivity contribution >= 4 is 0 Å². The van der Waals surface area contributed by atoms with E-state index in [0.29, 0.717) is 18.3 Å². The lowest BCUT2D eigenvalue weighted by molar-refractivity contribution is 0.471. The SMILES string of the molecule is CC(C)NCc1ccc(-c2ccc(F)cc2F)o1. The summed E-state index contributed by atoms with van der Waals surface area (Å²) >= 11 is 0. The predicted octanol–water partition coefficient (Wildman–Crippen LogP) is 3.72. The van der Waals surface area contributed by atoms with E-state index in [4.69, 9.17) is 4.42 Å². The molecule has 4 heteroatoms. The van der Waals surface area contributed by atoms with Crippen molar-refractivity contribution in [3.8, 4) is 11.3 Å². The number of rotatable bonds is 4. The molecule has 2 aromatic rings. The summed E-state index contributed by atoms with van der Waals surface area (Å²) in [6, 6.07) is 7.27. The van der Waals surface area contributed by atoms with Crippen molar-refractivity contribution in [2.75, 3.05) is 0 Å². The Morgan fingerprint density at radius 3 is 2.61 bits per heavy atom. The Hall–Kier alpha value is -1.68. The number of halogens is 2. The minimum Gasteiger partial charge on any atom is -0.460 e. The normalized spacial score (nSPS) is 11.2. The number of benzene rings is 1. The minimum atomic E-state index is -0.618. The summed E-state index contributed by atoms with van der Waals surface area (Å²) in [6.45, 7) is 4.65. The van der Waals surface area contributed by atoms with E-state index < -0.39 is 11.6 Å². The molecule has 0 spiro atoms. The molecule has 0 saturated carbocycles. The highest BCUT2D eigenvalue weighted by molar-refractivity contribution is 5.58. The minimum absolute atomic E-state index is 0.271. The van der Waals surface area contributed by atoms with Gasteiger partial charge in [0, 0.05) is 12.1 Å². The van der Waals surface area contributed by atoms with E-state index in [1.807, 2.05) is 13.8 Å². The van der Waals surface area contributed by atoms with Crippen LogP contribution in [0, 0.1) is 11.6 Å². The Labute approximate surface area is 105 Å². The summed E-state index contributed by atoms with van der Waals surface area (Å²) < 4.78 is 31.9. The lowest BCUT2D eigenvalue weighted by Gasteiger charge is -2.05. The van der Waals surface area contributed by atoms with Crippen LogP contribution >= 0.6 is 0 Å². The molecule has 96 valence electrons. The van der Waals surface area contributed by atoms with Crippen LogP contribution in [-0.4, -0.2) is 6.04 Å². The topological polar surface area (TPSA) is 25.2 Å². The van der Waals surface area contributed by atoms with Gasteiger partial charge in [-0.25, -0.2) is 8.78 Å². The molecule has 0 unspecified atom stereocenters. The lowest BCUT2D eigenvalue weighted by Crippen LogP contribution is -2.21. The predicted molar refractivity (Wildman–Crippen MR) is 66.0 cm³/mol. The first kappa shape index (κ1) is 12.8. The molecule has 0 radical (unpaired) electrons. The standard InChI is InChI=1S/C14H15F2NO/c1-9(2)17-8-11-4-6-14(18-11)12-5-3-10(15)7-13(12)16/h3-7,9,17H,8H2,1-2H3. The molecule has 0 aliphatic carbocycles. The van der Waals surface area contributed by atoms with E-state index in [1.54, 1.807) is 12.1 Å². The van der Waals surface area contributed by atoms with Crippen LogP contribution in [0.15, 0.2) is 34.7 Å². The van der Waals surface area contributed by atoms with Crippen molar-refractivity contribution in [3.05, 3.63) is 47.7 Å². The van der Waals surface area contributed by atoms with Gasteiger partial charge in [0.2, 0.25) is 0 Å². The molecule has 1 aromatic heterocycles. The first-order chi connectivity index (χ1) is 8.56. The van der Waals surface area contributed by atoms with Crippen LogP contribution in [0.2, 0.25) is 0 Å². The highest BCUT2D eigenvalue weighted by Crippen LogP contribution is 2.25. The van der Waals surface area contributed by atoms with Gasteiger partial charge in [0.25, 0.3) is 0 Å². The van der Waals surface area contributed by atoms with E-state index in [2.05, 4.69) is 5.32 Å². The Bertz CT molecular complexity index is 534. The van der Waals surface area contributed by atoms with Gasteiger partial charge in [-0.2, -0.15) is 0 Å². The van der Waals surface area contributed by atoms with Crippen molar-refractivity contribution in [2.24, 2.45) is 0 Å². The van der Waals surface area contributed by atoms with Crippen LogP contribution < -0.4 is 5.32 Å². The molecule has 0 atom stereocenters. The molecular formula is C14H15F2NO. The first-order valence-corrected chi connectivity index (χ1v) is 5.84. The number of nitrogens with one attached hydrogen (secondary N) is 1. The average Bonchev–Trinajstić information content (AvgIpc) is 2.75. The zero-order valence-electron chi connectivity index (χ0n) is 10.3. The first-order valence-electron chi connectivity index (χ1n) is 5.84. The van der Waals surface area contributed by atoms with E-state index in [-0.39, 0.29) is 5.56 Å². The Balaban J connectivity index is 2.18. The Kier molecular flexibility index (Phi) is 3.77. The van der Waals surface area contributed by atoms with Gasteiger partial charge < -0.3 is 9.73 Å². The highest BCUT2D eigenvalue weighted by atomic mass is 19.1. The number of hydrogen-bond acceptors (Lipinski definition) is 2. The third kappa shape index (κ3) is 2.96. The molecule has 0 aliphatic rings. The summed E-state index contributed by atoms with van der Waals surface area (Å²) in [4.78, 5) is 0. The van der Waals surface area contributed by atoms with Gasteiger partial charge in [-0.15, -0.1) is 0 Å². The second-order valence-corrected chi connectivity index (χ2v) is 4.43. The van der Waals surface area contributed by atoms with Gasteiger partial charge in [0.1, 0.15) is 23.2 Å². The molecule has 0 fully saturated rings. The van der Waals surface area contributed by atoms with E-state index in [1.165, 1.54) is 12.1 Å². The van der Waals surface area contributed by atoms with E-state index in [0.717, 1.165) is 11.8 Å². The third-order valence-electron chi connectivity index (χ3n) is 2.54. The molecule has 2 nitrogen and oxygen atoms in total. The monoisotopic (exact) mass is 251 g/mol. The van der Waals surface area contributed by atoms with Crippen LogP contribution in [0.1, 0.15) is 19.6 Å². The maximum atomic E-state index is 13.5. The van der Waals surface area contributed by atoms with Crippen LogP contribution in [0.25, 0.3) is 11.3 Å². The molecule has 0 saturated heterocycles.